The number of rotatable bonds is 2. The lowest BCUT2D eigenvalue weighted by Crippen LogP contribution is -2.14. The fourth-order valence-corrected chi connectivity index (χ4v) is 4.68. The van der Waals surface area contributed by atoms with Crippen molar-refractivity contribution in [1.82, 2.24) is 0 Å². The summed E-state index contributed by atoms with van der Waals surface area (Å²) in [6.45, 7) is 2.80. The maximum absolute atomic E-state index is 5.65. The first-order chi connectivity index (χ1) is 13.3. The van der Waals surface area contributed by atoms with Gasteiger partial charge in [0, 0.05) is 30.9 Å². The van der Waals surface area contributed by atoms with Crippen molar-refractivity contribution in [3.8, 4) is 5.75 Å². The van der Waals surface area contributed by atoms with Gasteiger partial charge in [0.15, 0.2) is 0 Å². The summed E-state index contributed by atoms with van der Waals surface area (Å²) in [7, 11) is 0. The van der Waals surface area contributed by atoms with Gasteiger partial charge in [-0.1, -0.05) is 36.4 Å². The van der Waals surface area contributed by atoms with Gasteiger partial charge in [0.05, 0.1) is 12.6 Å². The van der Waals surface area contributed by atoms with Crippen LogP contribution in [0.15, 0.2) is 60.7 Å². The summed E-state index contributed by atoms with van der Waals surface area (Å²) < 4.78 is 5.65. The number of ether oxygens (including phenoxy) is 1. The molecule has 1 unspecified atom stereocenters. The molecule has 27 heavy (non-hydrogen) atoms. The van der Waals surface area contributed by atoms with Crippen molar-refractivity contribution in [3.63, 3.8) is 0 Å². The number of benzene rings is 3. The Balaban J connectivity index is 1.25. The molecule has 0 fully saturated rings. The van der Waals surface area contributed by atoms with E-state index in [1.165, 1.54) is 39.2 Å². The van der Waals surface area contributed by atoms with E-state index in [-0.39, 0.29) is 0 Å². The zero-order chi connectivity index (χ0) is 17.8. The van der Waals surface area contributed by atoms with Crippen molar-refractivity contribution in [2.24, 2.45) is 0 Å². The van der Waals surface area contributed by atoms with Crippen LogP contribution in [0.1, 0.15) is 33.9 Å². The normalized spacial score (nSPS) is 19.3. The van der Waals surface area contributed by atoms with Gasteiger partial charge >= 0.3 is 0 Å². The molecule has 6 rings (SSSR count). The van der Waals surface area contributed by atoms with Crippen LogP contribution in [0.2, 0.25) is 0 Å². The standard InChI is InChI=1S/C24H22N2O/c1-2-4-22-16(3-1)13-23(25-22)17-5-6-19-14-26(15-20(19)11-17)21-7-8-24-18(12-21)9-10-27-24/h1-8,11-12,23,25H,9-10,13-15H2. The zero-order valence-corrected chi connectivity index (χ0v) is 15.2. The summed E-state index contributed by atoms with van der Waals surface area (Å²) in [5.74, 6) is 1.06. The molecule has 0 amide bonds. The van der Waals surface area contributed by atoms with E-state index in [9.17, 15) is 0 Å². The summed E-state index contributed by atoms with van der Waals surface area (Å²) in [6, 6.07) is 22.7. The molecular weight excluding hydrogens is 332 g/mol. The van der Waals surface area contributed by atoms with Gasteiger partial charge in [0.25, 0.3) is 0 Å². The van der Waals surface area contributed by atoms with Crippen LogP contribution in [-0.2, 0) is 25.9 Å². The van der Waals surface area contributed by atoms with Crippen molar-refractivity contribution >= 4 is 11.4 Å². The molecule has 0 radical (unpaired) electrons. The average Bonchev–Trinajstić information content (AvgIpc) is 3.42. The summed E-state index contributed by atoms with van der Waals surface area (Å²) in [5.41, 5.74) is 9.66. The summed E-state index contributed by atoms with van der Waals surface area (Å²) in [6.07, 6.45) is 2.10. The molecule has 0 aromatic heterocycles. The van der Waals surface area contributed by atoms with E-state index in [1.807, 2.05) is 0 Å². The van der Waals surface area contributed by atoms with Crippen molar-refractivity contribution < 1.29 is 4.74 Å². The maximum Gasteiger partial charge on any atom is 0.122 e. The molecule has 3 nitrogen and oxygen atoms in total. The number of hydrogen-bond acceptors (Lipinski definition) is 3. The van der Waals surface area contributed by atoms with Crippen molar-refractivity contribution in [3.05, 3.63) is 88.5 Å². The first kappa shape index (κ1) is 15.2. The lowest BCUT2D eigenvalue weighted by atomic mass is 9.99. The predicted octanol–water partition coefficient (Wildman–Crippen LogP) is 4.85. The SMILES string of the molecule is c1ccc2c(c1)CC(c1ccc3c(c1)CN(c1ccc4c(c1)CCO4)C3)N2. The molecule has 3 heteroatoms. The highest BCUT2D eigenvalue weighted by Crippen LogP contribution is 2.37. The Morgan fingerprint density at radius 2 is 1.78 bits per heavy atom. The molecule has 1 N–H and O–H groups in total. The highest BCUT2D eigenvalue weighted by Gasteiger charge is 2.25. The third-order valence-electron chi connectivity index (χ3n) is 6.16. The molecule has 0 spiro atoms. The Morgan fingerprint density at radius 1 is 0.852 bits per heavy atom. The third-order valence-corrected chi connectivity index (χ3v) is 6.16. The fourth-order valence-electron chi connectivity index (χ4n) is 4.68. The average molecular weight is 354 g/mol. The second-order valence-corrected chi connectivity index (χ2v) is 7.83. The predicted molar refractivity (Wildman–Crippen MR) is 108 cm³/mol. The Bertz CT molecular complexity index is 1020. The van der Waals surface area contributed by atoms with Gasteiger partial charge in [0.1, 0.15) is 5.75 Å². The highest BCUT2D eigenvalue weighted by molar-refractivity contribution is 5.60. The second kappa shape index (κ2) is 5.78. The van der Waals surface area contributed by atoms with Crippen molar-refractivity contribution in [2.75, 3.05) is 16.8 Å². The van der Waals surface area contributed by atoms with E-state index < -0.39 is 0 Å². The van der Waals surface area contributed by atoms with Crippen LogP contribution in [0, 0.1) is 0 Å². The second-order valence-electron chi connectivity index (χ2n) is 7.83. The summed E-state index contributed by atoms with van der Waals surface area (Å²) in [5, 5.41) is 3.69. The number of fused-ring (bicyclic) bond motifs is 3. The van der Waals surface area contributed by atoms with Crippen LogP contribution >= 0.6 is 0 Å². The van der Waals surface area contributed by atoms with Crippen LogP contribution in [0.5, 0.6) is 5.75 Å². The van der Waals surface area contributed by atoms with Gasteiger partial charge in [-0.3, -0.25) is 0 Å². The summed E-state index contributed by atoms with van der Waals surface area (Å²) in [4.78, 5) is 2.48. The Kier molecular flexibility index (Phi) is 3.24. The highest BCUT2D eigenvalue weighted by atomic mass is 16.5. The van der Waals surface area contributed by atoms with E-state index in [2.05, 4.69) is 70.9 Å². The van der Waals surface area contributed by atoms with E-state index in [0.29, 0.717) is 6.04 Å². The van der Waals surface area contributed by atoms with Gasteiger partial charge in [-0.2, -0.15) is 0 Å². The van der Waals surface area contributed by atoms with E-state index in [4.69, 9.17) is 4.74 Å². The zero-order valence-electron chi connectivity index (χ0n) is 15.2. The lowest BCUT2D eigenvalue weighted by molar-refractivity contribution is 0.357. The third kappa shape index (κ3) is 2.49. The molecule has 1 atom stereocenters. The molecule has 134 valence electrons. The topological polar surface area (TPSA) is 24.5 Å². The van der Waals surface area contributed by atoms with Crippen LogP contribution in [0.25, 0.3) is 0 Å². The molecule has 3 aromatic carbocycles. The quantitative estimate of drug-likeness (QED) is 0.712. The first-order valence-electron chi connectivity index (χ1n) is 9.80. The van der Waals surface area contributed by atoms with Gasteiger partial charge in [0.2, 0.25) is 0 Å². The molecular formula is C24H22N2O. The Morgan fingerprint density at radius 3 is 2.74 bits per heavy atom. The van der Waals surface area contributed by atoms with Crippen LogP contribution in [0.4, 0.5) is 11.4 Å². The van der Waals surface area contributed by atoms with E-state index in [0.717, 1.165) is 38.3 Å². The minimum Gasteiger partial charge on any atom is -0.493 e. The van der Waals surface area contributed by atoms with Gasteiger partial charge in [-0.05, 0) is 58.5 Å². The minimum atomic E-state index is 0.388. The molecule has 3 heterocycles. The molecule has 3 aliphatic heterocycles. The van der Waals surface area contributed by atoms with Crippen molar-refractivity contribution in [2.45, 2.75) is 32.0 Å². The fraction of sp³-hybridized carbons (Fsp3) is 0.250. The maximum atomic E-state index is 5.65. The molecule has 0 saturated heterocycles. The lowest BCUT2D eigenvalue weighted by Gasteiger charge is -2.18. The van der Waals surface area contributed by atoms with Crippen LogP contribution in [-0.4, -0.2) is 6.61 Å². The number of anilines is 2. The number of para-hydroxylation sites is 1. The van der Waals surface area contributed by atoms with Crippen LogP contribution < -0.4 is 15.0 Å². The molecule has 0 bridgehead atoms. The van der Waals surface area contributed by atoms with Gasteiger partial charge in [-0.25, -0.2) is 0 Å². The monoisotopic (exact) mass is 354 g/mol. The molecule has 0 saturated carbocycles. The smallest absolute Gasteiger partial charge is 0.122 e. The first-order valence-corrected chi connectivity index (χ1v) is 9.80. The largest absolute Gasteiger partial charge is 0.493 e. The van der Waals surface area contributed by atoms with Gasteiger partial charge < -0.3 is 15.0 Å². The minimum absolute atomic E-state index is 0.388. The Hall–Kier alpha value is -2.94. The van der Waals surface area contributed by atoms with Crippen LogP contribution in [0.3, 0.4) is 0 Å². The number of nitrogens with one attached hydrogen (secondary N) is 1. The number of nitrogens with zero attached hydrogens (tertiary/aromatic N) is 1. The van der Waals surface area contributed by atoms with Crippen molar-refractivity contribution in [1.29, 1.82) is 0 Å². The molecule has 0 aliphatic carbocycles. The van der Waals surface area contributed by atoms with Gasteiger partial charge in [-0.15, -0.1) is 0 Å². The number of hydrogen-bond donors (Lipinski definition) is 1. The Labute approximate surface area is 159 Å². The van der Waals surface area contributed by atoms with E-state index >= 15 is 0 Å². The molecule has 3 aliphatic rings. The summed E-state index contributed by atoms with van der Waals surface area (Å²) >= 11 is 0. The molecule has 3 aromatic rings. The van der Waals surface area contributed by atoms with E-state index in [1.54, 1.807) is 0 Å².